The molecule has 2 rings (SSSR count). The molecule has 0 saturated heterocycles. The summed E-state index contributed by atoms with van der Waals surface area (Å²) in [7, 11) is 0. The number of aliphatic hydroxyl groups is 1. The van der Waals surface area contributed by atoms with E-state index in [1.807, 2.05) is 0 Å². The predicted molar refractivity (Wildman–Crippen MR) is 54.1 cm³/mol. The van der Waals surface area contributed by atoms with Crippen LogP contribution in [0.25, 0.3) is 0 Å². The summed E-state index contributed by atoms with van der Waals surface area (Å²) in [6.07, 6.45) is 3.97. The number of nitrogens with one attached hydrogen (secondary N) is 2. The Kier molecular flexibility index (Phi) is 3.39. The van der Waals surface area contributed by atoms with E-state index < -0.39 is 0 Å². The van der Waals surface area contributed by atoms with Crippen LogP contribution >= 0.6 is 11.8 Å². The van der Waals surface area contributed by atoms with Crippen molar-refractivity contribution in [2.24, 2.45) is 0 Å². The van der Waals surface area contributed by atoms with Gasteiger partial charge in [-0.15, -0.1) is 0 Å². The lowest BCUT2D eigenvalue weighted by atomic mass is 10.3. The zero-order valence-corrected chi connectivity index (χ0v) is 8.63. The first kappa shape index (κ1) is 9.95. The molecule has 1 unspecified atom stereocenters. The highest BCUT2D eigenvalue weighted by molar-refractivity contribution is 7.99. The van der Waals surface area contributed by atoms with Gasteiger partial charge in [0.05, 0.1) is 6.61 Å². The lowest BCUT2D eigenvalue weighted by molar-refractivity contribution is 0.253. The summed E-state index contributed by atoms with van der Waals surface area (Å²) in [4.78, 5) is 4.00. The Bertz CT molecular complexity index is 262. The molecule has 0 bridgehead atoms. The molecule has 0 aliphatic heterocycles. The standard InChI is InChI=1S/C8H14N4OS/c13-3-7(11-6-1-2-6)4-14-8-9-5-10-12-8/h5-7,11,13H,1-4H2,(H,9,10,12). The number of aliphatic hydroxyl groups excluding tert-OH is 1. The van der Waals surface area contributed by atoms with Gasteiger partial charge in [-0.1, -0.05) is 11.8 Å². The Morgan fingerprint density at radius 3 is 3.14 bits per heavy atom. The lowest BCUT2D eigenvalue weighted by Gasteiger charge is -2.13. The SMILES string of the molecule is OCC(CSc1ncn[nH]1)NC1CC1. The molecule has 5 nitrogen and oxygen atoms in total. The van der Waals surface area contributed by atoms with Crippen molar-refractivity contribution >= 4 is 11.8 Å². The van der Waals surface area contributed by atoms with Gasteiger partial charge in [-0.25, -0.2) is 4.98 Å². The fourth-order valence-corrected chi connectivity index (χ4v) is 1.98. The van der Waals surface area contributed by atoms with E-state index in [4.69, 9.17) is 5.11 Å². The molecule has 14 heavy (non-hydrogen) atoms. The zero-order valence-electron chi connectivity index (χ0n) is 7.81. The van der Waals surface area contributed by atoms with Gasteiger partial charge in [-0.05, 0) is 12.8 Å². The van der Waals surface area contributed by atoms with Gasteiger partial charge in [0.1, 0.15) is 6.33 Å². The Balaban J connectivity index is 1.71. The molecular formula is C8H14N4OS. The van der Waals surface area contributed by atoms with Crippen LogP contribution in [0.5, 0.6) is 0 Å². The van der Waals surface area contributed by atoms with Gasteiger partial charge >= 0.3 is 0 Å². The van der Waals surface area contributed by atoms with E-state index in [0.29, 0.717) is 6.04 Å². The van der Waals surface area contributed by atoms with Crippen molar-refractivity contribution in [2.75, 3.05) is 12.4 Å². The van der Waals surface area contributed by atoms with Crippen molar-refractivity contribution in [1.29, 1.82) is 0 Å². The van der Waals surface area contributed by atoms with E-state index in [9.17, 15) is 0 Å². The van der Waals surface area contributed by atoms with Crippen molar-refractivity contribution < 1.29 is 5.11 Å². The van der Waals surface area contributed by atoms with Crippen LogP contribution in [-0.4, -0.2) is 44.7 Å². The quantitative estimate of drug-likeness (QED) is 0.582. The maximum absolute atomic E-state index is 9.11. The molecule has 1 atom stereocenters. The molecule has 78 valence electrons. The molecule has 1 heterocycles. The van der Waals surface area contributed by atoms with Gasteiger partial charge in [-0.3, -0.25) is 5.10 Å². The van der Waals surface area contributed by atoms with Crippen LogP contribution in [0, 0.1) is 0 Å². The average Bonchev–Trinajstić information content (AvgIpc) is 2.86. The number of hydrogen-bond acceptors (Lipinski definition) is 5. The molecule has 0 amide bonds. The zero-order chi connectivity index (χ0) is 9.80. The van der Waals surface area contributed by atoms with Gasteiger partial charge in [-0.2, -0.15) is 5.10 Å². The molecule has 1 aromatic rings. The van der Waals surface area contributed by atoms with Crippen molar-refractivity contribution in [3.63, 3.8) is 0 Å². The van der Waals surface area contributed by atoms with E-state index >= 15 is 0 Å². The first-order valence-corrected chi connectivity index (χ1v) is 5.72. The number of thioether (sulfide) groups is 1. The largest absolute Gasteiger partial charge is 0.395 e. The average molecular weight is 214 g/mol. The van der Waals surface area contributed by atoms with Crippen LogP contribution in [0.3, 0.4) is 0 Å². The van der Waals surface area contributed by atoms with E-state index in [1.54, 1.807) is 11.8 Å². The molecule has 1 saturated carbocycles. The Morgan fingerprint density at radius 1 is 1.71 bits per heavy atom. The molecule has 0 spiro atoms. The minimum atomic E-state index is 0.164. The summed E-state index contributed by atoms with van der Waals surface area (Å²) < 4.78 is 0. The summed E-state index contributed by atoms with van der Waals surface area (Å²) >= 11 is 1.58. The number of aromatic nitrogens is 3. The van der Waals surface area contributed by atoms with Crippen LogP contribution in [-0.2, 0) is 0 Å². The minimum Gasteiger partial charge on any atom is -0.395 e. The topological polar surface area (TPSA) is 73.8 Å². The third kappa shape index (κ3) is 2.97. The molecule has 1 aromatic heterocycles. The molecule has 1 aliphatic carbocycles. The summed E-state index contributed by atoms with van der Waals surface area (Å²) in [5.41, 5.74) is 0. The smallest absolute Gasteiger partial charge is 0.183 e. The van der Waals surface area contributed by atoms with Crippen molar-refractivity contribution in [3.8, 4) is 0 Å². The highest BCUT2D eigenvalue weighted by Gasteiger charge is 2.24. The molecule has 1 aliphatic rings. The van der Waals surface area contributed by atoms with E-state index in [2.05, 4.69) is 20.5 Å². The molecule has 0 aromatic carbocycles. The predicted octanol–water partition coefficient (Wildman–Crippen LogP) is 0.00970. The van der Waals surface area contributed by atoms with Crippen LogP contribution in [0.2, 0.25) is 0 Å². The third-order valence-electron chi connectivity index (χ3n) is 2.08. The normalized spacial score (nSPS) is 18.4. The van der Waals surface area contributed by atoms with Gasteiger partial charge in [0.2, 0.25) is 0 Å². The highest BCUT2D eigenvalue weighted by atomic mass is 32.2. The second-order valence-electron chi connectivity index (χ2n) is 3.42. The molecule has 3 N–H and O–H groups in total. The van der Waals surface area contributed by atoms with Crippen molar-refractivity contribution in [1.82, 2.24) is 20.5 Å². The van der Waals surface area contributed by atoms with Gasteiger partial charge in [0, 0.05) is 17.8 Å². The highest BCUT2D eigenvalue weighted by Crippen LogP contribution is 2.21. The number of nitrogens with zero attached hydrogens (tertiary/aromatic N) is 2. The summed E-state index contributed by atoms with van der Waals surface area (Å²) in [5.74, 6) is 0.822. The van der Waals surface area contributed by atoms with Crippen LogP contribution in [0.4, 0.5) is 0 Å². The first-order chi connectivity index (χ1) is 6.88. The van der Waals surface area contributed by atoms with Gasteiger partial charge in [0.25, 0.3) is 0 Å². The molecular weight excluding hydrogens is 200 g/mol. The van der Waals surface area contributed by atoms with E-state index in [-0.39, 0.29) is 12.6 Å². The second kappa shape index (κ2) is 4.77. The van der Waals surface area contributed by atoms with Gasteiger partial charge in [0.15, 0.2) is 5.16 Å². The molecule has 0 radical (unpaired) electrons. The third-order valence-corrected chi connectivity index (χ3v) is 3.12. The molecule has 6 heteroatoms. The Hall–Kier alpha value is -0.590. The second-order valence-corrected chi connectivity index (χ2v) is 4.43. The lowest BCUT2D eigenvalue weighted by Crippen LogP contribution is -2.36. The number of aromatic amines is 1. The Morgan fingerprint density at radius 2 is 2.57 bits per heavy atom. The Labute approximate surface area is 86.7 Å². The van der Waals surface area contributed by atoms with Crippen LogP contribution in [0.15, 0.2) is 11.5 Å². The fourth-order valence-electron chi connectivity index (χ4n) is 1.18. The number of hydrogen-bond donors (Lipinski definition) is 3. The number of H-pyrrole nitrogens is 1. The monoisotopic (exact) mass is 214 g/mol. The maximum Gasteiger partial charge on any atom is 0.183 e. The fraction of sp³-hybridized carbons (Fsp3) is 0.750. The van der Waals surface area contributed by atoms with E-state index in [0.717, 1.165) is 10.9 Å². The van der Waals surface area contributed by atoms with Crippen LogP contribution in [0.1, 0.15) is 12.8 Å². The first-order valence-electron chi connectivity index (χ1n) is 4.73. The minimum absolute atomic E-state index is 0.164. The van der Waals surface area contributed by atoms with Crippen molar-refractivity contribution in [2.45, 2.75) is 30.1 Å². The summed E-state index contributed by atoms with van der Waals surface area (Å²) in [6, 6.07) is 0.792. The van der Waals surface area contributed by atoms with Crippen molar-refractivity contribution in [3.05, 3.63) is 6.33 Å². The van der Waals surface area contributed by atoms with Gasteiger partial charge < -0.3 is 10.4 Å². The maximum atomic E-state index is 9.11. The van der Waals surface area contributed by atoms with Crippen LogP contribution < -0.4 is 5.32 Å². The summed E-state index contributed by atoms with van der Waals surface area (Å²) in [5, 5.41) is 19.8. The summed E-state index contributed by atoms with van der Waals surface area (Å²) in [6.45, 7) is 0.178. The molecule has 1 fully saturated rings. The van der Waals surface area contributed by atoms with E-state index in [1.165, 1.54) is 19.2 Å². The number of rotatable bonds is 6.